The maximum Gasteiger partial charge on any atom is 0.229 e. The molecule has 1 atom stereocenters. The van der Waals surface area contributed by atoms with Crippen LogP contribution in [0.2, 0.25) is 0 Å². The Kier molecular flexibility index (Phi) is 3.22. The van der Waals surface area contributed by atoms with Crippen LogP contribution in [-0.2, 0) is 10.8 Å². The quantitative estimate of drug-likeness (QED) is 0.730. The van der Waals surface area contributed by atoms with Gasteiger partial charge in [0, 0.05) is 39.2 Å². The molecule has 0 amide bonds. The topological polar surface area (TPSA) is 64.3 Å². The fourth-order valence-corrected chi connectivity index (χ4v) is 2.99. The van der Waals surface area contributed by atoms with Gasteiger partial charge >= 0.3 is 0 Å². The Morgan fingerprint density at radius 3 is 2.33 bits per heavy atom. The van der Waals surface area contributed by atoms with Crippen molar-refractivity contribution in [3.63, 3.8) is 0 Å². The highest BCUT2D eigenvalue weighted by atomic mass is 32.2. The molecule has 106 valence electrons. The first-order valence-electron chi connectivity index (χ1n) is 6.32. The minimum absolute atomic E-state index is 0.0586. The van der Waals surface area contributed by atoms with E-state index >= 15 is 0 Å². The number of hydrogen-bond acceptors (Lipinski definition) is 4. The number of rotatable bonds is 2. The summed E-state index contributed by atoms with van der Waals surface area (Å²) in [5.41, 5.74) is 1.65. The Hall–Kier alpha value is -2.27. The zero-order chi connectivity index (χ0) is 15.1. The van der Waals surface area contributed by atoms with E-state index in [0.29, 0.717) is 22.5 Å². The van der Waals surface area contributed by atoms with E-state index in [9.17, 15) is 13.8 Å². The lowest BCUT2D eigenvalue weighted by atomic mass is 9.88. The standard InChI is InChI=1S/C16H12O4S/c1-9(8-21(2)19)13-7-12-14(17)10-5-3-4-6-11(10)15(18)16(12)20-13/h3-8H,1-2H3. The van der Waals surface area contributed by atoms with Gasteiger partial charge < -0.3 is 4.42 Å². The summed E-state index contributed by atoms with van der Waals surface area (Å²) >= 11 is 0. The summed E-state index contributed by atoms with van der Waals surface area (Å²) in [6.45, 7) is 1.73. The van der Waals surface area contributed by atoms with Crippen LogP contribution in [0.25, 0.3) is 5.57 Å². The third-order valence-electron chi connectivity index (χ3n) is 3.33. The number of allylic oxidation sites excluding steroid dienone is 1. The minimum Gasteiger partial charge on any atom is -0.452 e. The molecule has 0 aliphatic heterocycles. The maximum absolute atomic E-state index is 12.4. The predicted molar refractivity (Wildman–Crippen MR) is 79.7 cm³/mol. The van der Waals surface area contributed by atoms with E-state index in [4.69, 9.17) is 4.42 Å². The monoisotopic (exact) mass is 300 g/mol. The van der Waals surface area contributed by atoms with Gasteiger partial charge in [0.2, 0.25) is 5.78 Å². The van der Waals surface area contributed by atoms with Gasteiger partial charge in [0.15, 0.2) is 11.5 Å². The van der Waals surface area contributed by atoms with Crippen LogP contribution in [0, 0.1) is 0 Å². The summed E-state index contributed by atoms with van der Waals surface area (Å²) in [7, 11) is -1.13. The highest BCUT2D eigenvalue weighted by molar-refractivity contribution is 7.87. The Labute approximate surface area is 123 Å². The van der Waals surface area contributed by atoms with Crippen LogP contribution in [0.5, 0.6) is 0 Å². The van der Waals surface area contributed by atoms with Crippen molar-refractivity contribution in [3.05, 3.63) is 64.0 Å². The molecule has 3 rings (SSSR count). The molecule has 4 nitrogen and oxygen atoms in total. The molecule has 0 bridgehead atoms. The van der Waals surface area contributed by atoms with Crippen LogP contribution in [0.3, 0.4) is 0 Å². The molecule has 1 aliphatic rings. The third kappa shape index (κ3) is 2.19. The van der Waals surface area contributed by atoms with Crippen molar-refractivity contribution in [2.45, 2.75) is 6.92 Å². The first kappa shape index (κ1) is 13.7. The minimum atomic E-state index is -1.13. The Balaban J connectivity index is 2.16. The van der Waals surface area contributed by atoms with Crippen molar-refractivity contribution >= 4 is 27.9 Å². The predicted octanol–water partition coefficient (Wildman–Crippen LogP) is 2.79. The number of carbonyl (C=O) groups is 2. The van der Waals surface area contributed by atoms with Crippen LogP contribution >= 0.6 is 0 Å². The van der Waals surface area contributed by atoms with Crippen LogP contribution in [-0.4, -0.2) is 22.0 Å². The van der Waals surface area contributed by atoms with Crippen molar-refractivity contribution in [3.8, 4) is 0 Å². The van der Waals surface area contributed by atoms with Crippen LogP contribution < -0.4 is 0 Å². The molecule has 1 aliphatic carbocycles. The lowest BCUT2D eigenvalue weighted by Gasteiger charge is -2.11. The average molecular weight is 300 g/mol. The highest BCUT2D eigenvalue weighted by Crippen LogP contribution is 2.31. The van der Waals surface area contributed by atoms with Crippen molar-refractivity contribution in [2.75, 3.05) is 6.26 Å². The molecule has 21 heavy (non-hydrogen) atoms. The van der Waals surface area contributed by atoms with Gasteiger partial charge in [-0.15, -0.1) is 0 Å². The summed E-state index contributed by atoms with van der Waals surface area (Å²) in [6.07, 6.45) is 1.54. The van der Waals surface area contributed by atoms with Crippen molar-refractivity contribution in [1.29, 1.82) is 0 Å². The number of furan rings is 1. The Morgan fingerprint density at radius 2 is 1.71 bits per heavy atom. The molecule has 1 aromatic carbocycles. The smallest absolute Gasteiger partial charge is 0.229 e. The van der Waals surface area contributed by atoms with E-state index in [1.165, 1.54) is 5.41 Å². The van der Waals surface area contributed by atoms with Crippen LogP contribution in [0.4, 0.5) is 0 Å². The summed E-state index contributed by atoms with van der Waals surface area (Å²) < 4.78 is 16.8. The Bertz CT molecular complexity index is 774. The normalized spacial score (nSPS) is 15.6. The molecule has 0 spiro atoms. The lowest BCUT2D eigenvalue weighted by molar-refractivity contribution is 0.0960. The van der Waals surface area contributed by atoms with Crippen molar-refractivity contribution in [1.82, 2.24) is 0 Å². The van der Waals surface area contributed by atoms with Gasteiger partial charge in [-0.2, -0.15) is 0 Å². The van der Waals surface area contributed by atoms with Gasteiger partial charge in [-0.3, -0.25) is 13.8 Å². The molecule has 5 heteroatoms. The Morgan fingerprint density at radius 1 is 1.10 bits per heavy atom. The summed E-state index contributed by atoms with van der Waals surface area (Å²) in [5.74, 6) is -0.0643. The molecule has 0 radical (unpaired) electrons. The molecule has 1 aromatic heterocycles. The van der Waals surface area contributed by atoms with E-state index in [-0.39, 0.29) is 22.9 Å². The van der Waals surface area contributed by atoms with Gasteiger partial charge in [0.1, 0.15) is 5.76 Å². The van der Waals surface area contributed by atoms with Crippen molar-refractivity contribution < 1.29 is 18.2 Å². The molecular weight excluding hydrogens is 288 g/mol. The van der Waals surface area contributed by atoms with E-state index in [0.717, 1.165) is 0 Å². The number of carbonyl (C=O) groups excluding carboxylic acids is 2. The summed E-state index contributed by atoms with van der Waals surface area (Å²) in [5, 5.41) is 1.52. The van der Waals surface area contributed by atoms with E-state index < -0.39 is 10.8 Å². The van der Waals surface area contributed by atoms with Gasteiger partial charge in [-0.05, 0) is 13.0 Å². The fraction of sp³-hybridized carbons (Fsp3) is 0.125. The highest BCUT2D eigenvalue weighted by Gasteiger charge is 2.33. The molecule has 2 aromatic rings. The second-order valence-electron chi connectivity index (χ2n) is 4.86. The van der Waals surface area contributed by atoms with E-state index in [2.05, 4.69) is 0 Å². The van der Waals surface area contributed by atoms with E-state index in [1.54, 1.807) is 43.5 Å². The molecule has 0 saturated heterocycles. The van der Waals surface area contributed by atoms with Crippen LogP contribution in [0.1, 0.15) is 44.7 Å². The number of benzene rings is 1. The number of ketones is 2. The summed E-state index contributed by atoms with van der Waals surface area (Å²) in [6, 6.07) is 8.23. The molecule has 1 unspecified atom stereocenters. The summed E-state index contributed by atoms with van der Waals surface area (Å²) in [4.78, 5) is 24.8. The maximum atomic E-state index is 12.4. The van der Waals surface area contributed by atoms with Crippen LogP contribution in [0.15, 0.2) is 40.2 Å². The molecule has 0 saturated carbocycles. The second-order valence-corrected chi connectivity index (χ2v) is 6.09. The average Bonchev–Trinajstić information content (AvgIpc) is 2.90. The molecule has 0 N–H and O–H groups in total. The molecule has 1 heterocycles. The van der Waals surface area contributed by atoms with E-state index in [1.807, 2.05) is 0 Å². The third-order valence-corrected chi connectivity index (χ3v) is 4.02. The molecular formula is C16H12O4S. The zero-order valence-electron chi connectivity index (χ0n) is 11.5. The second kappa shape index (κ2) is 4.93. The SMILES string of the molecule is CC(=CS(C)=O)c1cc2c(o1)C(=O)c1ccccc1C2=O. The first-order valence-corrected chi connectivity index (χ1v) is 7.94. The largest absolute Gasteiger partial charge is 0.452 e. The van der Waals surface area contributed by atoms with Gasteiger partial charge in [0.05, 0.1) is 5.56 Å². The number of hydrogen-bond donors (Lipinski definition) is 0. The molecule has 0 fully saturated rings. The van der Waals surface area contributed by atoms with Gasteiger partial charge in [-0.1, -0.05) is 24.3 Å². The van der Waals surface area contributed by atoms with Crippen molar-refractivity contribution in [2.24, 2.45) is 0 Å². The lowest BCUT2D eigenvalue weighted by Crippen LogP contribution is -2.18. The van der Waals surface area contributed by atoms with Gasteiger partial charge in [-0.25, -0.2) is 0 Å². The van der Waals surface area contributed by atoms with Gasteiger partial charge in [0.25, 0.3) is 0 Å². The zero-order valence-corrected chi connectivity index (χ0v) is 12.3. The first-order chi connectivity index (χ1) is 9.99. The fourth-order valence-electron chi connectivity index (χ4n) is 2.38. The number of fused-ring (bicyclic) bond motifs is 2.